The van der Waals surface area contributed by atoms with Crippen molar-refractivity contribution in [2.24, 2.45) is 0 Å². The van der Waals surface area contributed by atoms with E-state index in [1.54, 1.807) is 0 Å². The van der Waals surface area contributed by atoms with Crippen molar-refractivity contribution in [1.29, 1.82) is 0 Å². The summed E-state index contributed by atoms with van der Waals surface area (Å²) < 4.78 is 30.2. The van der Waals surface area contributed by atoms with Crippen LogP contribution in [0, 0.1) is 0 Å². The number of nitrogens with one attached hydrogen (secondary N) is 1. The molecule has 9 nitrogen and oxygen atoms in total. The van der Waals surface area contributed by atoms with E-state index in [0.717, 1.165) is 103 Å². The summed E-state index contributed by atoms with van der Waals surface area (Å²) in [5, 5.41) is 3.01. The molecule has 0 aliphatic rings. The molecule has 0 radical (unpaired) electrons. The zero-order valence-electron chi connectivity index (χ0n) is 43.9. The highest BCUT2D eigenvalue weighted by Crippen LogP contribution is 2.38. The Bertz CT molecular complexity index is 1280. The van der Waals surface area contributed by atoms with E-state index in [1.807, 2.05) is 33.3 Å². The molecular weight excluding hydrogens is 844 g/mol. The number of ether oxygens (including phenoxy) is 1. The van der Waals surface area contributed by atoms with Gasteiger partial charge in [-0.3, -0.25) is 14.2 Å². The molecule has 0 aromatic rings. The second kappa shape index (κ2) is 46.7. The quantitative estimate of drug-likeness (QED) is 0.0212. The van der Waals surface area contributed by atoms with Crippen LogP contribution in [0.3, 0.4) is 0 Å². The van der Waals surface area contributed by atoms with Crippen LogP contribution in [-0.2, 0) is 27.9 Å². The molecule has 10 heteroatoms. The van der Waals surface area contributed by atoms with Crippen LogP contribution in [0.25, 0.3) is 0 Å². The second-order valence-corrected chi connectivity index (χ2v) is 21.1. The van der Waals surface area contributed by atoms with Crippen molar-refractivity contribution in [3.05, 3.63) is 48.6 Å². The molecule has 0 saturated carbocycles. The maximum absolute atomic E-state index is 13.4. The zero-order valence-corrected chi connectivity index (χ0v) is 44.8. The molecule has 3 atom stereocenters. The minimum atomic E-state index is -4.69. The summed E-state index contributed by atoms with van der Waals surface area (Å²) in [6.45, 7) is 6.71. The number of unbranched alkanes of at least 4 members (excludes halogenated alkanes) is 27. The fraction of sp³-hybridized carbons (Fsp3) is 0.821. The third-order valence-electron chi connectivity index (χ3n) is 12.0. The van der Waals surface area contributed by atoms with E-state index in [9.17, 15) is 19.0 Å². The number of esters is 1. The monoisotopic (exact) mass is 949 g/mol. The number of carbonyl (C=O) groups excluding carboxylic acids is 2. The molecule has 3 unspecified atom stereocenters. The van der Waals surface area contributed by atoms with Crippen LogP contribution in [0.1, 0.15) is 245 Å². The van der Waals surface area contributed by atoms with Crippen molar-refractivity contribution in [2.45, 2.75) is 258 Å². The van der Waals surface area contributed by atoms with E-state index >= 15 is 0 Å². The summed E-state index contributed by atoms with van der Waals surface area (Å²) in [6.07, 6.45) is 55.0. The molecule has 1 amide bonds. The molecule has 66 heavy (non-hydrogen) atoms. The van der Waals surface area contributed by atoms with Gasteiger partial charge in [-0.2, -0.15) is 0 Å². The lowest BCUT2D eigenvalue weighted by molar-refractivity contribution is -0.870. The minimum absolute atomic E-state index is 0.0246. The van der Waals surface area contributed by atoms with Gasteiger partial charge in [0.15, 0.2) is 0 Å². The van der Waals surface area contributed by atoms with Crippen molar-refractivity contribution < 1.29 is 37.3 Å². The lowest BCUT2D eigenvalue weighted by Gasteiger charge is -2.30. The van der Waals surface area contributed by atoms with Gasteiger partial charge in [0, 0.05) is 12.8 Å². The number of hydrogen-bond donors (Lipinski definition) is 1. The zero-order chi connectivity index (χ0) is 48.7. The highest BCUT2D eigenvalue weighted by molar-refractivity contribution is 7.45. The SMILES string of the molecule is CC/C=C/C/C=C/C/C=C/CCCCCCCCC(=O)NC(COP(=O)([O-])OCC[N+](C)(C)C)C(/C=C/CCCCCCCCCCC)OC(=O)CCCCCCCCCCCCCCC. The van der Waals surface area contributed by atoms with Crippen LogP contribution >= 0.6 is 7.82 Å². The number of rotatable bonds is 49. The molecule has 0 fully saturated rings. The number of likely N-dealkylation sites (N-methyl/N-ethyl adjacent to an activating group) is 1. The molecule has 0 aromatic carbocycles. The van der Waals surface area contributed by atoms with Gasteiger partial charge in [-0.25, -0.2) is 0 Å². The number of carbonyl (C=O) groups is 2. The number of quaternary nitrogens is 1. The van der Waals surface area contributed by atoms with Crippen molar-refractivity contribution in [2.75, 3.05) is 40.9 Å². The fourth-order valence-corrected chi connectivity index (χ4v) is 8.49. The first kappa shape index (κ1) is 64.0. The van der Waals surface area contributed by atoms with E-state index in [2.05, 4.69) is 62.5 Å². The van der Waals surface area contributed by atoms with Crippen molar-refractivity contribution in [3.8, 4) is 0 Å². The first-order chi connectivity index (χ1) is 31.9. The highest BCUT2D eigenvalue weighted by Gasteiger charge is 2.27. The lowest BCUT2D eigenvalue weighted by Crippen LogP contribution is -2.47. The Morgan fingerprint density at radius 3 is 1.45 bits per heavy atom. The minimum Gasteiger partial charge on any atom is -0.756 e. The van der Waals surface area contributed by atoms with E-state index in [0.29, 0.717) is 17.4 Å². The maximum Gasteiger partial charge on any atom is 0.306 e. The number of phosphoric acid groups is 1. The Labute approximate surface area is 408 Å². The standard InChI is InChI=1S/C56H105N2O7P/c1-7-10-13-16-19-22-25-27-28-29-31-33-36-39-42-45-48-55(59)57-53(52-64-66(61,62)63-51-50-58(4,5)6)54(47-44-41-38-35-32-24-21-18-15-12-9-3)65-56(60)49-46-43-40-37-34-30-26-23-20-17-14-11-8-2/h10,13,19,22,27-28,44,47,53-54H,7-9,11-12,14-18,20-21,23-26,29-43,45-46,48-52H2,1-6H3,(H-,57,59,61,62)/b13-10+,22-19+,28-27+,47-44+. The van der Waals surface area contributed by atoms with Gasteiger partial charge >= 0.3 is 5.97 Å². The van der Waals surface area contributed by atoms with Crippen molar-refractivity contribution in [3.63, 3.8) is 0 Å². The lowest BCUT2D eigenvalue weighted by atomic mass is 10.0. The Hall–Kier alpha value is -2.03. The number of allylic oxidation sites excluding steroid dienone is 7. The van der Waals surface area contributed by atoms with Gasteiger partial charge in [-0.05, 0) is 63.9 Å². The topological polar surface area (TPSA) is 114 Å². The van der Waals surface area contributed by atoms with Crippen LogP contribution in [-0.4, -0.2) is 69.4 Å². The van der Waals surface area contributed by atoms with Gasteiger partial charge in [0.2, 0.25) is 5.91 Å². The van der Waals surface area contributed by atoms with E-state index in [1.165, 1.54) is 109 Å². The van der Waals surface area contributed by atoms with Gasteiger partial charge in [-0.15, -0.1) is 0 Å². The number of amides is 1. The van der Waals surface area contributed by atoms with Gasteiger partial charge < -0.3 is 28.5 Å². The number of phosphoric ester groups is 1. The largest absolute Gasteiger partial charge is 0.756 e. The summed E-state index contributed by atoms with van der Waals surface area (Å²) >= 11 is 0. The molecule has 0 spiro atoms. The molecule has 0 rings (SSSR count). The van der Waals surface area contributed by atoms with Gasteiger partial charge in [0.1, 0.15) is 19.3 Å². The molecule has 0 aliphatic carbocycles. The predicted molar refractivity (Wildman–Crippen MR) is 279 cm³/mol. The average molecular weight is 949 g/mol. The van der Waals surface area contributed by atoms with Gasteiger partial charge in [-0.1, -0.05) is 217 Å². The molecule has 0 aliphatic heterocycles. The maximum atomic E-state index is 13.4. The molecule has 1 N–H and O–H groups in total. The van der Waals surface area contributed by atoms with Gasteiger partial charge in [0.05, 0.1) is 33.8 Å². The summed E-state index contributed by atoms with van der Waals surface area (Å²) in [6, 6.07) is -0.891. The van der Waals surface area contributed by atoms with Crippen LogP contribution in [0.5, 0.6) is 0 Å². The molecule has 0 bridgehead atoms. The van der Waals surface area contributed by atoms with Crippen molar-refractivity contribution in [1.82, 2.24) is 5.32 Å². The van der Waals surface area contributed by atoms with E-state index in [4.69, 9.17) is 13.8 Å². The molecule has 386 valence electrons. The third kappa shape index (κ3) is 47.1. The summed E-state index contributed by atoms with van der Waals surface area (Å²) in [5.74, 6) is -0.553. The first-order valence-electron chi connectivity index (χ1n) is 27.4. The summed E-state index contributed by atoms with van der Waals surface area (Å²) in [4.78, 5) is 39.7. The highest BCUT2D eigenvalue weighted by atomic mass is 31.2. The Morgan fingerprint density at radius 1 is 0.545 bits per heavy atom. The average Bonchev–Trinajstić information content (AvgIpc) is 3.27. The smallest absolute Gasteiger partial charge is 0.306 e. The Balaban J connectivity index is 5.37. The molecule has 0 heterocycles. The van der Waals surface area contributed by atoms with Crippen LogP contribution in [0.2, 0.25) is 0 Å². The Morgan fingerprint density at radius 2 is 0.970 bits per heavy atom. The van der Waals surface area contributed by atoms with E-state index in [-0.39, 0.29) is 24.9 Å². The first-order valence-corrected chi connectivity index (χ1v) is 28.9. The normalized spacial score (nSPS) is 14.2. The van der Waals surface area contributed by atoms with Crippen LogP contribution in [0.4, 0.5) is 0 Å². The third-order valence-corrected chi connectivity index (χ3v) is 13.0. The summed E-state index contributed by atoms with van der Waals surface area (Å²) in [5.41, 5.74) is 0. The predicted octanol–water partition coefficient (Wildman–Crippen LogP) is 15.5. The number of nitrogens with zero attached hydrogens (tertiary/aromatic N) is 1. The summed E-state index contributed by atoms with van der Waals surface area (Å²) in [7, 11) is 1.18. The second-order valence-electron chi connectivity index (χ2n) is 19.7. The fourth-order valence-electron chi connectivity index (χ4n) is 7.77. The van der Waals surface area contributed by atoms with Crippen LogP contribution < -0.4 is 10.2 Å². The van der Waals surface area contributed by atoms with Crippen LogP contribution in [0.15, 0.2) is 48.6 Å². The van der Waals surface area contributed by atoms with Gasteiger partial charge in [0.25, 0.3) is 7.82 Å². The van der Waals surface area contributed by atoms with E-state index < -0.39 is 26.6 Å². The molecule has 0 aromatic heterocycles. The molecule has 0 saturated heterocycles. The number of hydrogen-bond acceptors (Lipinski definition) is 7. The van der Waals surface area contributed by atoms with Crippen molar-refractivity contribution >= 4 is 19.7 Å². The molecular formula is C56H105N2O7P. The Kier molecular flexibility index (Phi) is 45.3.